The zero-order valence-electron chi connectivity index (χ0n) is 7.60. The van der Waals surface area contributed by atoms with E-state index in [-0.39, 0.29) is 0 Å². The lowest BCUT2D eigenvalue weighted by molar-refractivity contribution is -0.131. The third-order valence-corrected chi connectivity index (χ3v) is 2.24. The Morgan fingerprint density at radius 1 is 1.36 bits per heavy atom. The third kappa shape index (κ3) is 1.59. The molecule has 1 aliphatic rings. The summed E-state index contributed by atoms with van der Waals surface area (Å²) in [7, 11) is 0. The Labute approximate surface area is 82.2 Å². The predicted molar refractivity (Wildman–Crippen MR) is 55.7 cm³/mol. The van der Waals surface area contributed by atoms with E-state index in [1.54, 1.807) is 0 Å². The lowest BCUT2D eigenvalue weighted by Crippen LogP contribution is -1.96. The molecule has 2 heteroatoms. The lowest BCUT2D eigenvalue weighted by Gasteiger charge is -2.12. The Kier molecular flexibility index (Phi) is 2.19. The predicted octanol–water partition coefficient (Wildman–Crippen LogP) is 2.57. The van der Waals surface area contributed by atoms with Crippen LogP contribution in [-0.2, 0) is 4.79 Å². The molecule has 2 nitrogen and oxygen atoms in total. The molecule has 0 heterocycles. The summed E-state index contributed by atoms with van der Waals surface area (Å²) >= 11 is 0. The Bertz CT molecular complexity index is 428. The van der Waals surface area contributed by atoms with Crippen molar-refractivity contribution in [2.75, 3.05) is 0 Å². The summed E-state index contributed by atoms with van der Waals surface area (Å²) in [6, 6.07) is 7.81. The van der Waals surface area contributed by atoms with Crippen molar-refractivity contribution < 1.29 is 9.90 Å². The molecule has 0 bridgehead atoms. The second kappa shape index (κ2) is 3.50. The van der Waals surface area contributed by atoms with Crippen molar-refractivity contribution >= 4 is 17.6 Å². The molecule has 0 atom stereocenters. The summed E-state index contributed by atoms with van der Waals surface area (Å²) in [5.41, 5.74) is 2.99. The minimum absolute atomic E-state index is 0.698. The van der Waals surface area contributed by atoms with Gasteiger partial charge in [-0.15, -0.1) is 0 Å². The highest BCUT2D eigenvalue weighted by Crippen LogP contribution is 2.28. The summed E-state index contributed by atoms with van der Waals surface area (Å²) in [5, 5.41) is 8.69. The van der Waals surface area contributed by atoms with Crippen molar-refractivity contribution in [3.63, 3.8) is 0 Å². The normalized spacial score (nSPS) is 16.7. The number of hydrogen-bond acceptors (Lipinski definition) is 1. The molecule has 0 spiro atoms. The van der Waals surface area contributed by atoms with Gasteiger partial charge in [0.1, 0.15) is 0 Å². The SMILES string of the molecule is O=C(O)C=C1CC=Cc2ccccc21. The highest BCUT2D eigenvalue weighted by molar-refractivity contribution is 5.93. The van der Waals surface area contributed by atoms with E-state index in [2.05, 4.69) is 0 Å². The van der Waals surface area contributed by atoms with Crippen LogP contribution >= 0.6 is 0 Å². The number of benzene rings is 1. The van der Waals surface area contributed by atoms with Gasteiger partial charge in [-0.05, 0) is 23.1 Å². The van der Waals surface area contributed by atoms with Crippen LogP contribution in [0.1, 0.15) is 17.5 Å². The van der Waals surface area contributed by atoms with Gasteiger partial charge >= 0.3 is 5.97 Å². The fraction of sp³-hybridized carbons (Fsp3) is 0.0833. The van der Waals surface area contributed by atoms with Crippen LogP contribution in [-0.4, -0.2) is 11.1 Å². The Morgan fingerprint density at radius 2 is 2.14 bits per heavy atom. The maximum Gasteiger partial charge on any atom is 0.328 e. The Hall–Kier alpha value is -1.83. The third-order valence-electron chi connectivity index (χ3n) is 2.24. The summed E-state index contributed by atoms with van der Waals surface area (Å²) in [4.78, 5) is 10.6. The number of carboxylic acids is 1. The zero-order chi connectivity index (χ0) is 9.97. The first kappa shape index (κ1) is 8.75. The molecule has 1 N–H and O–H groups in total. The first-order valence-corrected chi connectivity index (χ1v) is 4.47. The molecule has 0 aliphatic heterocycles. The average molecular weight is 186 g/mol. The van der Waals surface area contributed by atoms with Crippen molar-refractivity contribution in [1.82, 2.24) is 0 Å². The van der Waals surface area contributed by atoms with E-state index in [0.717, 1.165) is 16.7 Å². The molecule has 0 unspecified atom stereocenters. The summed E-state index contributed by atoms with van der Waals surface area (Å²) < 4.78 is 0. The van der Waals surface area contributed by atoms with E-state index < -0.39 is 5.97 Å². The fourth-order valence-electron chi connectivity index (χ4n) is 1.64. The Morgan fingerprint density at radius 3 is 2.93 bits per heavy atom. The van der Waals surface area contributed by atoms with Crippen LogP contribution in [0.3, 0.4) is 0 Å². The van der Waals surface area contributed by atoms with Crippen LogP contribution in [0.4, 0.5) is 0 Å². The van der Waals surface area contributed by atoms with E-state index in [9.17, 15) is 4.79 Å². The highest BCUT2D eigenvalue weighted by atomic mass is 16.4. The molecule has 0 amide bonds. The molecule has 0 radical (unpaired) electrons. The molecule has 2 rings (SSSR count). The van der Waals surface area contributed by atoms with Gasteiger partial charge in [0.25, 0.3) is 0 Å². The summed E-state index contributed by atoms with van der Waals surface area (Å²) in [5.74, 6) is -0.884. The standard InChI is InChI=1S/C12H10O2/c13-12(14)8-10-6-3-5-9-4-1-2-7-11(9)10/h1-5,7-8H,6H2,(H,13,14). The second-order valence-electron chi connectivity index (χ2n) is 3.20. The fourth-order valence-corrected chi connectivity index (χ4v) is 1.64. The van der Waals surface area contributed by atoms with Crippen LogP contribution in [0.2, 0.25) is 0 Å². The molecular formula is C12H10O2. The monoisotopic (exact) mass is 186 g/mol. The van der Waals surface area contributed by atoms with Crippen molar-refractivity contribution in [3.05, 3.63) is 47.5 Å². The van der Waals surface area contributed by atoms with Crippen LogP contribution in [0.15, 0.2) is 36.4 Å². The maximum absolute atomic E-state index is 10.6. The van der Waals surface area contributed by atoms with Gasteiger partial charge in [-0.2, -0.15) is 0 Å². The molecule has 0 aromatic heterocycles. The lowest BCUT2D eigenvalue weighted by atomic mass is 9.92. The number of allylic oxidation sites excluding steroid dienone is 2. The van der Waals surface area contributed by atoms with E-state index in [1.165, 1.54) is 6.08 Å². The van der Waals surface area contributed by atoms with E-state index in [4.69, 9.17) is 5.11 Å². The molecule has 1 aromatic rings. The first-order valence-electron chi connectivity index (χ1n) is 4.47. The molecule has 70 valence electrons. The maximum atomic E-state index is 10.6. The minimum atomic E-state index is -0.884. The van der Waals surface area contributed by atoms with E-state index >= 15 is 0 Å². The second-order valence-corrected chi connectivity index (χ2v) is 3.20. The van der Waals surface area contributed by atoms with Gasteiger partial charge in [0, 0.05) is 6.08 Å². The number of fused-ring (bicyclic) bond motifs is 1. The number of aliphatic carboxylic acids is 1. The molecule has 0 saturated carbocycles. The van der Waals surface area contributed by atoms with Crippen LogP contribution < -0.4 is 0 Å². The number of rotatable bonds is 1. The number of carboxylic acid groups (broad SMARTS) is 1. The van der Waals surface area contributed by atoms with Gasteiger partial charge < -0.3 is 5.11 Å². The van der Waals surface area contributed by atoms with E-state index in [0.29, 0.717) is 6.42 Å². The van der Waals surface area contributed by atoms with Crippen LogP contribution in [0, 0.1) is 0 Å². The average Bonchev–Trinajstić information content (AvgIpc) is 2.18. The van der Waals surface area contributed by atoms with Gasteiger partial charge in [-0.3, -0.25) is 0 Å². The van der Waals surface area contributed by atoms with Crippen molar-refractivity contribution in [3.8, 4) is 0 Å². The Balaban J connectivity index is 2.51. The van der Waals surface area contributed by atoms with Gasteiger partial charge in [0.15, 0.2) is 0 Å². The van der Waals surface area contributed by atoms with Crippen molar-refractivity contribution in [1.29, 1.82) is 0 Å². The van der Waals surface area contributed by atoms with Crippen LogP contribution in [0.5, 0.6) is 0 Å². The van der Waals surface area contributed by atoms with Gasteiger partial charge in [0.05, 0.1) is 0 Å². The molecule has 0 fully saturated rings. The number of hydrogen-bond donors (Lipinski definition) is 1. The van der Waals surface area contributed by atoms with E-state index in [1.807, 2.05) is 36.4 Å². The molecule has 1 aromatic carbocycles. The quantitative estimate of drug-likeness (QED) is 0.684. The molecule has 1 aliphatic carbocycles. The van der Waals surface area contributed by atoms with Crippen LogP contribution in [0.25, 0.3) is 11.6 Å². The van der Waals surface area contributed by atoms with Gasteiger partial charge in [-0.25, -0.2) is 4.79 Å². The zero-order valence-corrected chi connectivity index (χ0v) is 7.60. The smallest absolute Gasteiger partial charge is 0.328 e. The van der Waals surface area contributed by atoms with Crippen molar-refractivity contribution in [2.45, 2.75) is 6.42 Å². The molecular weight excluding hydrogens is 176 g/mol. The van der Waals surface area contributed by atoms with Gasteiger partial charge in [-0.1, -0.05) is 36.4 Å². The summed E-state index contributed by atoms with van der Waals surface area (Å²) in [6.07, 6.45) is 5.98. The number of carbonyl (C=O) groups is 1. The topological polar surface area (TPSA) is 37.3 Å². The largest absolute Gasteiger partial charge is 0.478 e. The molecule has 0 saturated heterocycles. The van der Waals surface area contributed by atoms with Gasteiger partial charge in [0.2, 0.25) is 0 Å². The van der Waals surface area contributed by atoms with Crippen molar-refractivity contribution in [2.24, 2.45) is 0 Å². The summed E-state index contributed by atoms with van der Waals surface area (Å²) in [6.45, 7) is 0. The molecule has 14 heavy (non-hydrogen) atoms. The highest BCUT2D eigenvalue weighted by Gasteiger charge is 2.09. The first-order chi connectivity index (χ1) is 6.77. The minimum Gasteiger partial charge on any atom is -0.478 e.